The summed E-state index contributed by atoms with van der Waals surface area (Å²) in [4.78, 5) is 16.9. The van der Waals surface area contributed by atoms with Crippen molar-refractivity contribution in [1.82, 2.24) is 15.1 Å². The molecule has 5 heteroatoms. The van der Waals surface area contributed by atoms with E-state index < -0.39 is 0 Å². The Kier molecular flexibility index (Phi) is 6.88. The Bertz CT molecular complexity index is 496. The molecule has 2 fully saturated rings. The number of amides is 1. The van der Waals surface area contributed by atoms with Crippen LogP contribution in [0.15, 0.2) is 30.3 Å². The molecule has 2 unspecified atom stereocenters. The second-order valence-electron chi connectivity index (χ2n) is 6.53. The zero-order chi connectivity index (χ0) is 15.4. The maximum absolute atomic E-state index is 12.6. The number of piperidine rings is 1. The predicted molar refractivity (Wildman–Crippen MR) is 95.7 cm³/mol. The molecule has 2 aliphatic rings. The lowest BCUT2D eigenvalue weighted by atomic mass is 9.93. The van der Waals surface area contributed by atoms with Gasteiger partial charge in [0.1, 0.15) is 0 Å². The molecule has 1 aromatic carbocycles. The third-order valence-corrected chi connectivity index (χ3v) is 5.05. The Morgan fingerprint density at radius 2 is 2.09 bits per heavy atom. The molecule has 128 valence electrons. The van der Waals surface area contributed by atoms with Crippen LogP contribution in [0, 0.1) is 5.92 Å². The van der Waals surface area contributed by atoms with E-state index >= 15 is 0 Å². The number of fused-ring (bicyclic) bond motifs is 1. The molecule has 0 radical (unpaired) electrons. The topological polar surface area (TPSA) is 35.6 Å². The summed E-state index contributed by atoms with van der Waals surface area (Å²) in [6.07, 6.45) is 2.44. The van der Waals surface area contributed by atoms with Crippen molar-refractivity contribution in [3.05, 3.63) is 35.9 Å². The van der Waals surface area contributed by atoms with Crippen LogP contribution in [0.3, 0.4) is 0 Å². The second kappa shape index (κ2) is 8.67. The number of hydrogen-bond acceptors (Lipinski definition) is 3. The minimum atomic E-state index is 0. The van der Waals surface area contributed by atoms with Gasteiger partial charge in [0.2, 0.25) is 5.91 Å². The van der Waals surface area contributed by atoms with Gasteiger partial charge in [-0.05, 0) is 37.8 Å². The number of carbonyl (C=O) groups is 1. The molecule has 2 aliphatic heterocycles. The molecule has 2 atom stereocenters. The summed E-state index contributed by atoms with van der Waals surface area (Å²) in [5.74, 6) is 1.00. The van der Waals surface area contributed by atoms with E-state index in [2.05, 4.69) is 29.3 Å². The third kappa shape index (κ3) is 4.69. The summed E-state index contributed by atoms with van der Waals surface area (Å²) < 4.78 is 0. The van der Waals surface area contributed by atoms with Crippen molar-refractivity contribution in [1.29, 1.82) is 0 Å². The molecule has 0 saturated carbocycles. The van der Waals surface area contributed by atoms with Gasteiger partial charge >= 0.3 is 0 Å². The van der Waals surface area contributed by atoms with Crippen LogP contribution in [0.5, 0.6) is 0 Å². The molecule has 2 heterocycles. The maximum atomic E-state index is 12.6. The van der Waals surface area contributed by atoms with Crippen LogP contribution in [0.25, 0.3) is 0 Å². The first-order valence-corrected chi connectivity index (χ1v) is 8.53. The van der Waals surface area contributed by atoms with E-state index in [1.807, 2.05) is 23.1 Å². The first kappa shape index (κ1) is 18.2. The SMILES string of the molecule is CCN(Cc1ccccc1)C(=O)CN1CCC2NCCC2C1.Cl. The van der Waals surface area contributed by atoms with E-state index in [1.54, 1.807) is 0 Å². The van der Waals surface area contributed by atoms with E-state index in [0.29, 0.717) is 12.6 Å². The Morgan fingerprint density at radius 3 is 2.83 bits per heavy atom. The summed E-state index contributed by atoms with van der Waals surface area (Å²) in [7, 11) is 0. The molecule has 0 aliphatic carbocycles. The van der Waals surface area contributed by atoms with E-state index in [0.717, 1.165) is 38.6 Å². The first-order valence-electron chi connectivity index (χ1n) is 8.53. The van der Waals surface area contributed by atoms with Gasteiger partial charge in [0.15, 0.2) is 0 Å². The molecule has 3 rings (SSSR count). The second-order valence-corrected chi connectivity index (χ2v) is 6.53. The van der Waals surface area contributed by atoms with Gasteiger partial charge in [0, 0.05) is 32.2 Å². The van der Waals surface area contributed by atoms with Crippen LogP contribution < -0.4 is 5.32 Å². The van der Waals surface area contributed by atoms with Crippen LogP contribution >= 0.6 is 12.4 Å². The van der Waals surface area contributed by atoms with Gasteiger partial charge in [-0.25, -0.2) is 0 Å². The number of nitrogens with zero attached hydrogens (tertiary/aromatic N) is 2. The highest BCUT2D eigenvalue weighted by atomic mass is 35.5. The highest BCUT2D eigenvalue weighted by molar-refractivity contribution is 5.85. The number of carbonyl (C=O) groups excluding carboxylic acids is 1. The molecule has 1 aromatic rings. The molecule has 23 heavy (non-hydrogen) atoms. The zero-order valence-corrected chi connectivity index (χ0v) is 14.7. The number of likely N-dealkylation sites (N-methyl/N-ethyl adjacent to an activating group) is 1. The minimum absolute atomic E-state index is 0. The fraction of sp³-hybridized carbons (Fsp3) is 0.611. The van der Waals surface area contributed by atoms with Crippen LogP contribution in [-0.4, -0.2) is 54.5 Å². The summed E-state index contributed by atoms with van der Waals surface area (Å²) in [5.41, 5.74) is 1.21. The summed E-state index contributed by atoms with van der Waals surface area (Å²) in [6, 6.07) is 11.0. The van der Waals surface area contributed by atoms with E-state index in [1.165, 1.54) is 18.4 Å². The van der Waals surface area contributed by atoms with Crippen LogP contribution in [0.2, 0.25) is 0 Å². The van der Waals surface area contributed by atoms with Crippen molar-refractivity contribution < 1.29 is 4.79 Å². The van der Waals surface area contributed by atoms with Gasteiger partial charge in [-0.1, -0.05) is 30.3 Å². The fourth-order valence-corrected chi connectivity index (χ4v) is 3.74. The fourth-order valence-electron chi connectivity index (χ4n) is 3.74. The van der Waals surface area contributed by atoms with Crippen LogP contribution in [-0.2, 0) is 11.3 Å². The smallest absolute Gasteiger partial charge is 0.237 e. The standard InChI is InChI=1S/C18H27N3O.ClH/c1-2-21(12-15-6-4-3-5-7-15)18(22)14-20-11-9-17-16(13-20)8-10-19-17;/h3-7,16-17,19H,2,8-14H2,1H3;1H. The highest BCUT2D eigenvalue weighted by Gasteiger charge is 2.33. The lowest BCUT2D eigenvalue weighted by Gasteiger charge is -2.35. The highest BCUT2D eigenvalue weighted by Crippen LogP contribution is 2.24. The van der Waals surface area contributed by atoms with Crippen molar-refractivity contribution in [3.8, 4) is 0 Å². The van der Waals surface area contributed by atoms with Gasteiger partial charge in [-0.15, -0.1) is 12.4 Å². The summed E-state index contributed by atoms with van der Waals surface area (Å²) >= 11 is 0. The van der Waals surface area contributed by atoms with Crippen molar-refractivity contribution in [2.24, 2.45) is 5.92 Å². The summed E-state index contributed by atoms with van der Waals surface area (Å²) in [6.45, 7) is 7.39. The normalized spacial score (nSPS) is 23.9. The molecular weight excluding hydrogens is 310 g/mol. The molecule has 2 saturated heterocycles. The Hall–Kier alpha value is -1.10. The Balaban J connectivity index is 0.00000192. The molecule has 1 N–H and O–H groups in total. The lowest BCUT2D eigenvalue weighted by Crippen LogP contribution is -2.48. The number of halogens is 1. The lowest BCUT2D eigenvalue weighted by molar-refractivity contribution is -0.133. The first-order chi connectivity index (χ1) is 10.8. The molecular formula is C18H28ClN3O. The molecule has 0 spiro atoms. The number of rotatable bonds is 5. The number of likely N-dealkylation sites (tertiary alicyclic amines) is 1. The largest absolute Gasteiger partial charge is 0.338 e. The van der Waals surface area contributed by atoms with Gasteiger partial charge < -0.3 is 10.2 Å². The predicted octanol–water partition coefficient (Wildman–Crippen LogP) is 2.14. The Morgan fingerprint density at radius 1 is 1.30 bits per heavy atom. The number of hydrogen-bond donors (Lipinski definition) is 1. The summed E-state index contributed by atoms with van der Waals surface area (Å²) in [5, 5.41) is 3.58. The molecule has 0 aromatic heterocycles. The number of benzene rings is 1. The van der Waals surface area contributed by atoms with Gasteiger partial charge in [-0.3, -0.25) is 9.69 Å². The van der Waals surface area contributed by atoms with Crippen molar-refractivity contribution in [2.75, 3.05) is 32.7 Å². The van der Waals surface area contributed by atoms with Gasteiger partial charge in [0.25, 0.3) is 0 Å². The quantitative estimate of drug-likeness (QED) is 0.894. The van der Waals surface area contributed by atoms with Crippen molar-refractivity contribution >= 4 is 18.3 Å². The van der Waals surface area contributed by atoms with Crippen molar-refractivity contribution in [3.63, 3.8) is 0 Å². The van der Waals surface area contributed by atoms with E-state index in [4.69, 9.17) is 0 Å². The maximum Gasteiger partial charge on any atom is 0.237 e. The Labute approximate surface area is 145 Å². The van der Waals surface area contributed by atoms with E-state index in [-0.39, 0.29) is 18.3 Å². The average molecular weight is 338 g/mol. The van der Waals surface area contributed by atoms with Crippen molar-refractivity contribution in [2.45, 2.75) is 32.4 Å². The van der Waals surface area contributed by atoms with E-state index in [9.17, 15) is 4.79 Å². The molecule has 4 nitrogen and oxygen atoms in total. The van der Waals surface area contributed by atoms with Crippen LogP contribution in [0.1, 0.15) is 25.3 Å². The third-order valence-electron chi connectivity index (χ3n) is 5.05. The average Bonchev–Trinajstić information content (AvgIpc) is 3.01. The molecule has 1 amide bonds. The minimum Gasteiger partial charge on any atom is -0.338 e. The monoisotopic (exact) mass is 337 g/mol. The number of nitrogens with one attached hydrogen (secondary N) is 1. The molecule has 0 bridgehead atoms. The van der Waals surface area contributed by atoms with Gasteiger partial charge in [-0.2, -0.15) is 0 Å². The van der Waals surface area contributed by atoms with Crippen LogP contribution in [0.4, 0.5) is 0 Å². The zero-order valence-electron chi connectivity index (χ0n) is 13.9. The van der Waals surface area contributed by atoms with Gasteiger partial charge in [0.05, 0.1) is 6.54 Å².